The van der Waals surface area contributed by atoms with E-state index in [0.29, 0.717) is 32.2 Å². The summed E-state index contributed by atoms with van der Waals surface area (Å²) in [6.45, 7) is 2.10. The van der Waals surface area contributed by atoms with Gasteiger partial charge < -0.3 is 9.47 Å². The van der Waals surface area contributed by atoms with E-state index in [-0.39, 0.29) is 5.91 Å². The largest absolute Gasteiger partial charge is 0.493 e. The zero-order chi connectivity index (χ0) is 21.0. The summed E-state index contributed by atoms with van der Waals surface area (Å²) in [5.74, 6) is 0.940. The number of carbonyl (C=O) groups excluding carboxylic acids is 1. The Labute approximate surface area is 183 Å². The lowest BCUT2D eigenvalue weighted by molar-refractivity contribution is 0.102. The molecule has 1 heterocycles. The van der Waals surface area contributed by atoms with E-state index < -0.39 is 0 Å². The predicted octanol–water partition coefficient (Wildman–Crippen LogP) is 6.34. The summed E-state index contributed by atoms with van der Waals surface area (Å²) in [5, 5.41) is 4.12. The van der Waals surface area contributed by atoms with Gasteiger partial charge in [0.25, 0.3) is 5.91 Å². The van der Waals surface area contributed by atoms with E-state index >= 15 is 0 Å². The monoisotopic (exact) mass is 450 g/mol. The highest BCUT2D eigenvalue weighted by Crippen LogP contribution is 2.37. The number of thiazole rings is 1. The average molecular weight is 451 g/mol. The number of amides is 1. The lowest BCUT2D eigenvalue weighted by Gasteiger charge is -2.09. The molecule has 0 aliphatic heterocycles. The van der Waals surface area contributed by atoms with Crippen LogP contribution in [0.1, 0.15) is 28.6 Å². The van der Waals surface area contributed by atoms with Crippen LogP contribution in [0.4, 0.5) is 5.13 Å². The van der Waals surface area contributed by atoms with Crippen molar-refractivity contribution in [2.24, 2.45) is 0 Å². The summed E-state index contributed by atoms with van der Waals surface area (Å²) >= 11 is 13.5. The molecule has 0 aliphatic carbocycles. The number of anilines is 1. The zero-order valence-electron chi connectivity index (χ0n) is 16.2. The summed E-state index contributed by atoms with van der Waals surface area (Å²) < 4.78 is 10.7. The SMILES string of the molecule is CCCc1sc(NC(=O)c2ccc(Cl)cc2Cl)nc1-c1ccc(OC)c(OC)c1. The van der Waals surface area contributed by atoms with Crippen LogP contribution in [0.15, 0.2) is 36.4 Å². The summed E-state index contributed by atoms with van der Waals surface area (Å²) in [7, 11) is 3.19. The lowest BCUT2D eigenvalue weighted by atomic mass is 10.1. The minimum atomic E-state index is -0.331. The Bertz CT molecular complexity index is 1040. The van der Waals surface area contributed by atoms with Crippen LogP contribution >= 0.6 is 34.5 Å². The summed E-state index contributed by atoms with van der Waals surface area (Å²) in [6.07, 6.45) is 1.80. The summed E-state index contributed by atoms with van der Waals surface area (Å²) in [4.78, 5) is 18.4. The van der Waals surface area contributed by atoms with Crippen LogP contribution in [-0.2, 0) is 6.42 Å². The Balaban J connectivity index is 1.93. The van der Waals surface area contributed by atoms with Crippen LogP contribution in [-0.4, -0.2) is 25.1 Å². The molecule has 2 aromatic carbocycles. The second-order valence-corrected chi connectivity index (χ2v) is 8.12. The highest BCUT2D eigenvalue weighted by molar-refractivity contribution is 7.16. The maximum atomic E-state index is 12.6. The second-order valence-electron chi connectivity index (χ2n) is 6.19. The fourth-order valence-electron chi connectivity index (χ4n) is 2.85. The maximum Gasteiger partial charge on any atom is 0.258 e. The topological polar surface area (TPSA) is 60.5 Å². The molecule has 0 fully saturated rings. The minimum Gasteiger partial charge on any atom is -0.493 e. The highest BCUT2D eigenvalue weighted by Gasteiger charge is 2.18. The number of benzene rings is 2. The quantitative estimate of drug-likeness (QED) is 0.456. The second kappa shape index (κ2) is 9.48. The number of ether oxygens (including phenoxy) is 2. The van der Waals surface area contributed by atoms with Crippen molar-refractivity contribution in [1.82, 2.24) is 4.98 Å². The smallest absolute Gasteiger partial charge is 0.258 e. The lowest BCUT2D eigenvalue weighted by Crippen LogP contribution is -2.12. The molecule has 5 nitrogen and oxygen atoms in total. The van der Waals surface area contributed by atoms with E-state index in [9.17, 15) is 4.79 Å². The fraction of sp³-hybridized carbons (Fsp3) is 0.238. The standard InChI is InChI=1S/C21H20Cl2N2O3S/c1-4-5-18-19(12-6-9-16(27-2)17(10-12)28-3)24-21(29-18)25-20(26)14-8-7-13(22)11-15(14)23/h6-11H,4-5H2,1-3H3,(H,24,25,26). The molecule has 1 aromatic heterocycles. The molecule has 0 bridgehead atoms. The molecule has 0 aliphatic rings. The first-order chi connectivity index (χ1) is 14.0. The van der Waals surface area contributed by atoms with Gasteiger partial charge in [-0.2, -0.15) is 0 Å². The Hall–Kier alpha value is -2.28. The molecule has 0 saturated carbocycles. The number of methoxy groups -OCH3 is 2. The first-order valence-corrected chi connectivity index (χ1v) is 10.5. The molecule has 0 saturated heterocycles. The number of aromatic nitrogens is 1. The van der Waals surface area contributed by atoms with Gasteiger partial charge in [-0.3, -0.25) is 10.1 Å². The van der Waals surface area contributed by atoms with Crippen LogP contribution in [0.3, 0.4) is 0 Å². The number of carbonyl (C=O) groups is 1. The molecule has 1 amide bonds. The van der Waals surface area contributed by atoms with Gasteiger partial charge in [0.2, 0.25) is 0 Å². The van der Waals surface area contributed by atoms with Crippen LogP contribution in [0, 0.1) is 0 Å². The Kier molecular flexibility index (Phi) is 7.00. The van der Waals surface area contributed by atoms with Crippen molar-refractivity contribution in [2.45, 2.75) is 19.8 Å². The number of halogens is 2. The van der Waals surface area contributed by atoms with E-state index in [4.69, 9.17) is 32.7 Å². The predicted molar refractivity (Wildman–Crippen MR) is 119 cm³/mol. The first-order valence-electron chi connectivity index (χ1n) is 8.95. The summed E-state index contributed by atoms with van der Waals surface area (Å²) in [6, 6.07) is 10.4. The fourth-order valence-corrected chi connectivity index (χ4v) is 4.42. The van der Waals surface area contributed by atoms with Gasteiger partial charge in [0.1, 0.15) is 0 Å². The molecule has 0 radical (unpaired) electrons. The van der Waals surface area contributed by atoms with Crippen molar-refractivity contribution in [3.8, 4) is 22.8 Å². The van der Waals surface area contributed by atoms with Gasteiger partial charge in [-0.15, -0.1) is 11.3 Å². The van der Waals surface area contributed by atoms with Crippen molar-refractivity contribution in [1.29, 1.82) is 0 Å². The van der Waals surface area contributed by atoms with Crippen LogP contribution in [0.25, 0.3) is 11.3 Å². The van der Waals surface area contributed by atoms with Crippen molar-refractivity contribution in [3.05, 3.63) is 56.9 Å². The third-order valence-electron chi connectivity index (χ3n) is 4.23. The highest BCUT2D eigenvalue weighted by atomic mass is 35.5. The Morgan fingerprint density at radius 3 is 2.52 bits per heavy atom. The normalized spacial score (nSPS) is 10.7. The third-order valence-corrected chi connectivity index (χ3v) is 5.81. The third kappa shape index (κ3) is 4.83. The van der Waals surface area contributed by atoms with Crippen LogP contribution in [0.5, 0.6) is 11.5 Å². The molecule has 8 heteroatoms. The Morgan fingerprint density at radius 1 is 1.10 bits per heavy atom. The number of rotatable bonds is 7. The minimum absolute atomic E-state index is 0.292. The molecule has 3 aromatic rings. The summed E-state index contributed by atoms with van der Waals surface area (Å²) in [5.41, 5.74) is 2.05. The van der Waals surface area contributed by atoms with Gasteiger partial charge in [0.15, 0.2) is 16.6 Å². The molecular weight excluding hydrogens is 431 g/mol. The number of aryl methyl sites for hydroxylation is 1. The van der Waals surface area contributed by atoms with Crippen molar-refractivity contribution >= 4 is 45.6 Å². The van der Waals surface area contributed by atoms with E-state index in [0.717, 1.165) is 29.0 Å². The van der Waals surface area contributed by atoms with E-state index in [1.54, 1.807) is 26.4 Å². The first kappa shape index (κ1) is 21.4. The number of nitrogens with one attached hydrogen (secondary N) is 1. The van der Waals surface area contributed by atoms with E-state index in [1.165, 1.54) is 17.4 Å². The van der Waals surface area contributed by atoms with Gasteiger partial charge in [-0.25, -0.2) is 4.98 Å². The van der Waals surface area contributed by atoms with Gasteiger partial charge in [-0.1, -0.05) is 36.5 Å². The number of nitrogens with zero attached hydrogens (tertiary/aromatic N) is 1. The van der Waals surface area contributed by atoms with E-state index in [1.807, 2.05) is 18.2 Å². The molecule has 29 heavy (non-hydrogen) atoms. The average Bonchev–Trinajstić information content (AvgIpc) is 3.09. The maximum absolute atomic E-state index is 12.6. The number of hydrogen-bond donors (Lipinski definition) is 1. The van der Waals surface area contributed by atoms with Crippen molar-refractivity contribution in [3.63, 3.8) is 0 Å². The van der Waals surface area contributed by atoms with Crippen molar-refractivity contribution < 1.29 is 14.3 Å². The van der Waals surface area contributed by atoms with E-state index in [2.05, 4.69) is 17.2 Å². The Morgan fingerprint density at radius 2 is 1.86 bits per heavy atom. The van der Waals surface area contributed by atoms with Gasteiger partial charge in [0, 0.05) is 15.5 Å². The van der Waals surface area contributed by atoms with Gasteiger partial charge in [0.05, 0.1) is 30.5 Å². The number of hydrogen-bond acceptors (Lipinski definition) is 5. The molecular formula is C21H20Cl2N2O3S. The zero-order valence-corrected chi connectivity index (χ0v) is 18.5. The molecule has 0 spiro atoms. The molecule has 1 N–H and O–H groups in total. The molecule has 0 unspecified atom stereocenters. The van der Waals surface area contributed by atoms with Crippen LogP contribution < -0.4 is 14.8 Å². The molecule has 3 rings (SSSR count). The molecule has 152 valence electrons. The van der Waals surface area contributed by atoms with Gasteiger partial charge in [-0.05, 0) is 42.8 Å². The van der Waals surface area contributed by atoms with Crippen molar-refractivity contribution in [2.75, 3.05) is 19.5 Å². The molecule has 0 atom stereocenters. The van der Waals surface area contributed by atoms with Crippen LogP contribution in [0.2, 0.25) is 10.0 Å². The van der Waals surface area contributed by atoms with Gasteiger partial charge >= 0.3 is 0 Å².